The van der Waals surface area contributed by atoms with Gasteiger partial charge in [0.1, 0.15) is 5.82 Å². The van der Waals surface area contributed by atoms with Crippen LogP contribution in [0, 0.1) is 6.92 Å². The van der Waals surface area contributed by atoms with Crippen molar-refractivity contribution in [2.75, 3.05) is 24.5 Å². The summed E-state index contributed by atoms with van der Waals surface area (Å²) < 4.78 is 1.06. The highest BCUT2D eigenvalue weighted by Crippen LogP contribution is 2.22. The first-order valence-corrected chi connectivity index (χ1v) is 8.10. The molecule has 1 fully saturated rings. The summed E-state index contributed by atoms with van der Waals surface area (Å²) in [7, 11) is 0. The number of aryl methyl sites for hydroxylation is 1. The molecule has 1 aromatic rings. The van der Waals surface area contributed by atoms with Crippen molar-refractivity contribution in [3.63, 3.8) is 0 Å². The molecule has 1 aromatic heterocycles. The number of hydrogen-bond donors (Lipinski definition) is 1. The third-order valence-corrected chi connectivity index (χ3v) is 4.14. The highest BCUT2D eigenvalue weighted by Gasteiger charge is 2.19. The van der Waals surface area contributed by atoms with Gasteiger partial charge in [0, 0.05) is 29.8 Å². The van der Waals surface area contributed by atoms with Crippen LogP contribution in [0.5, 0.6) is 0 Å². The molecule has 0 radical (unpaired) electrons. The average Bonchev–Trinajstić information content (AvgIpc) is 2.88. The van der Waals surface area contributed by atoms with E-state index in [0.29, 0.717) is 6.04 Å². The third-order valence-electron chi connectivity index (χ3n) is 3.70. The predicted octanol–water partition coefficient (Wildman–Crippen LogP) is 3.51. The first-order chi connectivity index (χ1) is 9.20. The number of halogens is 1. The summed E-state index contributed by atoms with van der Waals surface area (Å²) in [5.74, 6) is 1.14. The van der Waals surface area contributed by atoms with Crippen LogP contribution in [0.1, 0.15) is 38.2 Å². The van der Waals surface area contributed by atoms with Gasteiger partial charge in [0.15, 0.2) is 0 Å². The van der Waals surface area contributed by atoms with Gasteiger partial charge in [0.05, 0.1) is 0 Å². The van der Waals surface area contributed by atoms with Gasteiger partial charge < -0.3 is 10.2 Å². The van der Waals surface area contributed by atoms with Crippen molar-refractivity contribution in [3.05, 3.63) is 22.3 Å². The van der Waals surface area contributed by atoms with E-state index in [4.69, 9.17) is 0 Å². The predicted molar refractivity (Wildman–Crippen MR) is 84.8 cm³/mol. The molecule has 1 atom stereocenters. The molecule has 0 amide bonds. The van der Waals surface area contributed by atoms with E-state index >= 15 is 0 Å². The van der Waals surface area contributed by atoms with Gasteiger partial charge in [0.25, 0.3) is 0 Å². The maximum absolute atomic E-state index is 4.62. The summed E-state index contributed by atoms with van der Waals surface area (Å²) in [6, 6.07) is 2.78. The van der Waals surface area contributed by atoms with Crippen molar-refractivity contribution in [2.24, 2.45) is 0 Å². The molecule has 1 unspecified atom stereocenters. The molecule has 4 heteroatoms. The van der Waals surface area contributed by atoms with Crippen molar-refractivity contribution in [3.8, 4) is 0 Å². The molecule has 3 nitrogen and oxygen atoms in total. The van der Waals surface area contributed by atoms with E-state index in [0.717, 1.165) is 23.4 Å². The molecule has 0 bridgehead atoms. The van der Waals surface area contributed by atoms with Gasteiger partial charge >= 0.3 is 0 Å². The molecule has 0 spiro atoms. The fourth-order valence-electron chi connectivity index (χ4n) is 2.68. The highest BCUT2D eigenvalue weighted by molar-refractivity contribution is 9.10. The number of hydrogen-bond acceptors (Lipinski definition) is 3. The highest BCUT2D eigenvalue weighted by atomic mass is 79.9. The summed E-state index contributed by atoms with van der Waals surface area (Å²) >= 11 is 3.49. The van der Waals surface area contributed by atoms with Crippen LogP contribution in [0.15, 0.2) is 16.7 Å². The molecular formula is C15H24BrN3. The van der Waals surface area contributed by atoms with Gasteiger partial charge in [-0.2, -0.15) is 0 Å². The van der Waals surface area contributed by atoms with Crippen molar-refractivity contribution in [1.82, 2.24) is 10.3 Å². The van der Waals surface area contributed by atoms with Crippen LogP contribution in [0.3, 0.4) is 0 Å². The summed E-state index contributed by atoms with van der Waals surface area (Å²) in [6.07, 6.45) is 6.95. The zero-order valence-electron chi connectivity index (χ0n) is 12.0. The van der Waals surface area contributed by atoms with E-state index in [9.17, 15) is 0 Å². The Morgan fingerprint density at radius 1 is 1.53 bits per heavy atom. The zero-order chi connectivity index (χ0) is 13.7. The Morgan fingerprint density at radius 2 is 2.37 bits per heavy atom. The number of unbranched alkanes of at least 4 members (excludes halogenated alkanes) is 1. The van der Waals surface area contributed by atoms with Crippen molar-refractivity contribution in [2.45, 2.75) is 45.6 Å². The quantitative estimate of drug-likeness (QED) is 0.867. The van der Waals surface area contributed by atoms with Crippen LogP contribution in [0.4, 0.5) is 5.82 Å². The standard InChI is InChI=1S/C15H24BrN3/c1-3-4-8-19(11-14-6-5-7-17-14)15-12(2)9-13(16)10-18-15/h9-10,14,17H,3-8,11H2,1-2H3. The third kappa shape index (κ3) is 4.18. The minimum atomic E-state index is 0.627. The van der Waals surface area contributed by atoms with Crippen LogP contribution in [-0.4, -0.2) is 30.7 Å². The van der Waals surface area contributed by atoms with Gasteiger partial charge in [-0.05, 0) is 60.3 Å². The number of rotatable bonds is 6. The Kier molecular flexibility index (Phi) is 5.64. The monoisotopic (exact) mass is 325 g/mol. The Labute approximate surface area is 124 Å². The number of pyridine rings is 1. The molecule has 1 aliphatic rings. The SMILES string of the molecule is CCCCN(CC1CCCN1)c1ncc(Br)cc1C. The number of anilines is 1. The lowest BCUT2D eigenvalue weighted by molar-refractivity contribution is 0.568. The minimum absolute atomic E-state index is 0.627. The lowest BCUT2D eigenvalue weighted by Crippen LogP contribution is -2.39. The number of nitrogens with one attached hydrogen (secondary N) is 1. The molecular weight excluding hydrogens is 302 g/mol. The molecule has 1 N–H and O–H groups in total. The average molecular weight is 326 g/mol. The lowest BCUT2D eigenvalue weighted by atomic mass is 10.2. The lowest BCUT2D eigenvalue weighted by Gasteiger charge is -2.28. The largest absolute Gasteiger partial charge is 0.355 e. The first kappa shape index (κ1) is 14.8. The van der Waals surface area contributed by atoms with Crippen LogP contribution >= 0.6 is 15.9 Å². The van der Waals surface area contributed by atoms with Crippen molar-refractivity contribution in [1.29, 1.82) is 0 Å². The minimum Gasteiger partial charge on any atom is -0.355 e. The fraction of sp³-hybridized carbons (Fsp3) is 0.667. The van der Waals surface area contributed by atoms with Crippen LogP contribution in [-0.2, 0) is 0 Å². The molecule has 19 heavy (non-hydrogen) atoms. The van der Waals surface area contributed by atoms with E-state index in [-0.39, 0.29) is 0 Å². The maximum atomic E-state index is 4.62. The van der Waals surface area contributed by atoms with Gasteiger partial charge in [-0.15, -0.1) is 0 Å². The molecule has 2 rings (SSSR count). The Bertz CT molecular complexity index is 402. The van der Waals surface area contributed by atoms with E-state index < -0.39 is 0 Å². The second-order valence-corrected chi connectivity index (χ2v) is 6.30. The molecule has 1 aliphatic heterocycles. The first-order valence-electron chi connectivity index (χ1n) is 7.31. The van der Waals surface area contributed by atoms with E-state index in [1.165, 1.54) is 37.8 Å². The second kappa shape index (κ2) is 7.25. The Hall–Kier alpha value is -0.610. The van der Waals surface area contributed by atoms with Crippen LogP contribution in [0.2, 0.25) is 0 Å². The zero-order valence-corrected chi connectivity index (χ0v) is 13.5. The van der Waals surface area contributed by atoms with Gasteiger partial charge in [0.2, 0.25) is 0 Å². The van der Waals surface area contributed by atoms with Gasteiger partial charge in [-0.1, -0.05) is 13.3 Å². The van der Waals surface area contributed by atoms with Crippen LogP contribution in [0.25, 0.3) is 0 Å². The van der Waals surface area contributed by atoms with Gasteiger partial charge in [-0.25, -0.2) is 4.98 Å². The van der Waals surface area contributed by atoms with E-state index in [2.05, 4.69) is 51.0 Å². The second-order valence-electron chi connectivity index (χ2n) is 5.39. The molecule has 0 aliphatic carbocycles. The molecule has 0 saturated carbocycles. The normalized spacial score (nSPS) is 18.8. The summed E-state index contributed by atoms with van der Waals surface area (Å²) in [5.41, 5.74) is 1.25. The fourth-order valence-corrected chi connectivity index (χ4v) is 3.12. The summed E-state index contributed by atoms with van der Waals surface area (Å²) in [6.45, 7) is 7.74. The smallest absolute Gasteiger partial charge is 0.131 e. The Balaban J connectivity index is 2.10. The molecule has 2 heterocycles. The molecule has 1 saturated heterocycles. The van der Waals surface area contributed by atoms with Crippen molar-refractivity contribution >= 4 is 21.7 Å². The van der Waals surface area contributed by atoms with E-state index in [1.54, 1.807) is 0 Å². The van der Waals surface area contributed by atoms with E-state index in [1.807, 2.05) is 6.20 Å². The number of aromatic nitrogens is 1. The number of nitrogens with zero attached hydrogens (tertiary/aromatic N) is 2. The summed E-state index contributed by atoms with van der Waals surface area (Å²) in [4.78, 5) is 7.08. The Morgan fingerprint density at radius 3 is 3.00 bits per heavy atom. The summed E-state index contributed by atoms with van der Waals surface area (Å²) in [5, 5.41) is 3.59. The molecule has 106 valence electrons. The van der Waals surface area contributed by atoms with Gasteiger partial charge in [-0.3, -0.25) is 0 Å². The molecule has 0 aromatic carbocycles. The van der Waals surface area contributed by atoms with Crippen LogP contribution < -0.4 is 10.2 Å². The topological polar surface area (TPSA) is 28.2 Å². The van der Waals surface area contributed by atoms with Crippen molar-refractivity contribution < 1.29 is 0 Å². The maximum Gasteiger partial charge on any atom is 0.131 e.